The highest BCUT2D eigenvalue weighted by Crippen LogP contribution is 2.35. The molecular formula is C19H21F3N4O3. The molecule has 29 heavy (non-hydrogen) atoms. The van der Waals surface area contributed by atoms with Crippen LogP contribution in [0.2, 0.25) is 0 Å². The van der Waals surface area contributed by atoms with Gasteiger partial charge in [0.2, 0.25) is 0 Å². The molecule has 2 aliphatic rings. The van der Waals surface area contributed by atoms with Gasteiger partial charge in [-0.05, 0) is 25.0 Å². The van der Waals surface area contributed by atoms with Gasteiger partial charge in [-0.1, -0.05) is 25.0 Å². The van der Waals surface area contributed by atoms with E-state index in [1.807, 2.05) is 12.1 Å². The number of rotatable bonds is 5. The number of anilines is 1. The molecule has 1 aliphatic heterocycles. The Morgan fingerprint density at radius 3 is 2.59 bits per heavy atom. The van der Waals surface area contributed by atoms with Crippen LogP contribution in [-0.4, -0.2) is 34.4 Å². The van der Waals surface area contributed by atoms with Crippen molar-refractivity contribution in [1.82, 2.24) is 15.0 Å². The van der Waals surface area contributed by atoms with E-state index in [0.29, 0.717) is 24.0 Å². The molecule has 1 N–H and O–H groups in total. The number of nitrogens with one attached hydrogen (secondary N) is 1. The van der Waals surface area contributed by atoms with Crippen molar-refractivity contribution < 1.29 is 22.6 Å². The third kappa shape index (κ3) is 4.16. The smallest absolute Gasteiger partial charge is 0.482 e. The van der Waals surface area contributed by atoms with Crippen molar-refractivity contribution in [2.24, 2.45) is 0 Å². The maximum Gasteiger partial charge on any atom is 0.573 e. The number of benzene rings is 1. The lowest BCUT2D eigenvalue weighted by Crippen LogP contribution is -2.42. The van der Waals surface area contributed by atoms with Crippen LogP contribution < -0.4 is 20.0 Å². The topological polar surface area (TPSA) is 70.7 Å². The summed E-state index contributed by atoms with van der Waals surface area (Å²) in [5.74, 6) is 0.309. The van der Waals surface area contributed by atoms with Gasteiger partial charge >= 0.3 is 6.36 Å². The molecule has 2 aromatic rings. The van der Waals surface area contributed by atoms with Crippen LogP contribution in [-0.2, 0) is 13.2 Å². The van der Waals surface area contributed by atoms with Crippen molar-refractivity contribution >= 4 is 5.82 Å². The second-order valence-electron chi connectivity index (χ2n) is 7.20. The largest absolute Gasteiger partial charge is 0.573 e. The van der Waals surface area contributed by atoms with Crippen LogP contribution in [0.4, 0.5) is 19.0 Å². The van der Waals surface area contributed by atoms with Crippen molar-refractivity contribution in [1.29, 1.82) is 0 Å². The van der Waals surface area contributed by atoms with Crippen LogP contribution in [0.25, 0.3) is 0 Å². The normalized spacial score (nSPS) is 17.6. The molecule has 1 saturated carbocycles. The quantitative estimate of drug-likeness (QED) is 0.815. The number of hydrazine groups is 1. The van der Waals surface area contributed by atoms with Crippen LogP contribution in [0.3, 0.4) is 0 Å². The average Bonchev–Trinajstić information content (AvgIpc) is 3.27. The second-order valence-corrected chi connectivity index (χ2v) is 7.20. The molecule has 0 amide bonds. The molecule has 7 nitrogen and oxygen atoms in total. The van der Waals surface area contributed by atoms with Crippen LogP contribution in [0, 0.1) is 0 Å². The van der Waals surface area contributed by atoms with E-state index < -0.39 is 12.1 Å². The van der Waals surface area contributed by atoms with Crippen LogP contribution >= 0.6 is 0 Å². The molecule has 0 saturated heterocycles. The fourth-order valence-corrected chi connectivity index (χ4v) is 3.92. The minimum Gasteiger partial charge on any atom is -0.482 e. The highest BCUT2D eigenvalue weighted by molar-refractivity contribution is 5.50. The monoisotopic (exact) mass is 410 g/mol. The number of H-pyrrole nitrogens is 1. The minimum absolute atomic E-state index is 0.0854. The van der Waals surface area contributed by atoms with E-state index in [4.69, 9.17) is 4.74 Å². The van der Waals surface area contributed by atoms with Crippen LogP contribution in [0.15, 0.2) is 29.1 Å². The van der Waals surface area contributed by atoms with E-state index in [1.165, 1.54) is 24.3 Å². The van der Waals surface area contributed by atoms with Gasteiger partial charge in [-0.2, -0.15) is 0 Å². The van der Waals surface area contributed by atoms with Crippen molar-refractivity contribution in [2.75, 3.05) is 12.1 Å². The molecule has 1 aliphatic carbocycles. The van der Waals surface area contributed by atoms with E-state index in [9.17, 15) is 18.0 Å². The Morgan fingerprint density at radius 1 is 1.21 bits per heavy atom. The number of aromatic nitrogens is 2. The average molecular weight is 410 g/mol. The zero-order valence-electron chi connectivity index (χ0n) is 15.8. The Bertz CT molecular complexity index is 941. The lowest BCUT2D eigenvalue weighted by molar-refractivity contribution is -0.275. The number of alkyl halides is 3. The van der Waals surface area contributed by atoms with Gasteiger partial charge in [-0.25, -0.2) is 9.99 Å². The van der Waals surface area contributed by atoms with E-state index >= 15 is 0 Å². The lowest BCUT2D eigenvalue weighted by atomic mass is 10.2. The van der Waals surface area contributed by atoms with Crippen molar-refractivity contribution in [3.63, 3.8) is 0 Å². The summed E-state index contributed by atoms with van der Waals surface area (Å²) < 4.78 is 47.2. The van der Waals surface area contributed by atoms with E-state index in [0.717, 1.165) is 25.7 Å². The molecule has 0 radical (unpaired) electrons. The minimum atomic E-state index is -4.83. The van der Waals surface area contributed by atoms with E-state index in [1.54, 1.807) is 0 Å². The van der Waals surface area contributed by atoms with Crippen LogP contribution in [0.1, 0.15) is 37.1 Å². The number of halogens is 3. The lowest BCUT2D eigenvalue weighted by Gasteiger charge is -2.31. The van der Waals surface area contributed by atoms with Gasteiger partial charge < -0.3 is 14.5 Å². The first-order valence-electron chi connectivity index (χ1n) is 9.42. The predicted molar refractivity (Wildman–Crippen MR) is 98.5 cm³/mol. The summed E-state index contributed by atoms with van der Waals surface area (Å²) in [6, 6.07) is 5.78. The fraction of sp³-hybridized carbons (Fsp3) is 0.474. The van der Waals surface area contributed by atoms with Gasteiger partial charge in [-0.15, -0.1) is 13.2 Å². The summed E-state index contributed by atoms with van der Waals surface area (Å²) in [5.41, 5.74) is 0.324. The first kappa shape index (κ1) is 19.6. The molecule has 0 spiro atoms. The zero-order chi connectivity index (χ0) is 20.6. The van der Waals surface area contributed by atoms with Crippen LogP contribution in [0.5, 0.6) is 11.5 Å². The molecule has 0 atom stereocenters. The van der Waals surface area contributed by atoms with Gasteiger partial charge in [0.05, 0.1) is 12.1 Å². The van der Waals surface area contributed by atoms with Crippen molar-refractivity contribution in [3.05, 3.63) is 46.0 Å². The summed E-state index contributed by atoms with van der Waals surface area (Å²) in [5, 5.41) is 4.04. The number of aromatic amines is 1. The first-order chi connectivity index (χ1) is 13.8. The molecule has 156 valence electrons. The Labute approximate surface area is 165 Å². The first-order valence-corrected chi connectivity index (χ1v) is 9.42. The Kier molecular flexibility index (Phi) is 5.12. The molecule has 1 fully saturated rings. The SMILES string of the molecule is CN1Cc2c(nc(COc3ccccc3OC(F)(F)F)[nH]c2=O)N1C1CCCC1. The number of hydrogen-bond donors (Lipinski definition) is 1. The highest BCUT2D eigenvalue weighted by Gasteiger charge is 2.35. The summed E-state index contributed by atoms with van der Waals surface area (Å²) in [4.78, 5) is 19.7. The number of fused-ring (bicyclic) bond motifs is 1. The molecule has 1 aromatic carbocycles. The molecule has 10 heteroatoms. The molecule has 1 aromatic heterocycles. The number of ether oxygens (including phenoxy) is 2. The maximum atomic E-state index is 12.6. The van der Waals surface area contributed by atoms with E-state index in [2.05, 4.69) is 19.7 Å². The molecule has 0 bridgehead atoms. The number of hydrogen-bond acceptors (Lipinski definition) is 6. The maximum absolute atomic E-state index is 12.6. The molecule has 4 rings (SSSR count). The van der Waals surface area contributed by atoms with Crippen molar-refractivity contribution in [3.8, 4) is 11.5 Å². The summed E-state index contributed by atoms with van der Waals surface area (Å²) in [6.07, 6.45) is -0.483. The van der Waals surface area contributed by atoms with Crippen molar-refractivity contribution in [2.45, 2.75) is 51.2 Å². The molecule has 0 unspecified atom stereocenters. The predicted octanol–water partition coefficient (Wildman–Crippen LogP) is 3.36. The summed E-state index contributed by atoms with van der Waals surface area (Å²) in [7, 11) is 1.92. The van der Waals surface area contributed by atoms with Gasteiger partial charge in [0, 0.05) is 13.1 Å². The number of nitrogens with zero attached hydrogens (tertiary/aromatic N) is 3. The Morgan fingerprint density at radius 2 is 1.90 bits per heavy atom. The van der Waals surface area contributed by atoms with E-state index in [-0.39, 0.29) is 23.7 Å². The standard InChI is InChI=1S/C19H21F3N4O3/c1-25-10-13-17(26(25)12-6-2-3-7-12)23-16(24-18(13)27)11-28-14-8-4-5-9-15(14)29-19(20,21)22/h4-5,8-9,12H,2-3,6-7,10-11H2,1H3,(H,23,24,27). The third-order valence-corrected chi connectivity index (χ3v) is 5.12. The molecular weight excluding hydrogens is 389 g/mol. The third-order valence-electron chi connectivity index (χ3n) is 5.12. The summed E-state index contributed by atoms with van der Waals surface area (Å²) in [6.45, 7) is 0.278. The Hall–Kier alpha value is -2.75. The Balaban J connectivity index is 1.56. The number of para-hydroxylation sites is 2. The van der Waals surface area contributed by atoms with Gasteiger partial charge in [-0.3, -0.25) is 9.80 Å². The zero-order valence-corrected chi connectivity index (χ0v) is 15.8. The summed E-state index contributed by atoms with van der Waals surface area (Å²) >= 11 is 0. The van der Waals surface area contributed by atoms with Gasteiger partial charge in [0.25, 0.3) is 5.56 Å². The highest BCUT2D eigenvalue weighted by atomic mass is 19.4. The van der Waals surface area contributed by atoms with Gasteiger partial charge in [0.1, 0.15) is 12.4 Å². The van der Waals surface area contributed by atoms with Gasteiger partial charge in [0.15, 0.2) is 17.3 Å². The fourth-order valence-electron chi connectivity index (χ4n) is 3.92. The molecule has 2 heterocycles. The second kappa shape index (κ2) is 7.58.